The summed E-state index contributed by atoms with van der Waals surface area (Å²) in [7, 11) is 1.66. The number of ether oxygens (including phenoxy) is 1. The van der Waals surface area contributed by atoms with E-state index < -0.39 is 11.9 Å². The number of halogens is 3. The van der Waals surface area contributed by atoms with Crippen LogP contribution < -0.4 is 10.3 Å². The Morgan fingerprint density at radius 1 is 1.14 bits per heavy atom. The van der Waals surface area contributed by atoms with Crippen LogP contribution in [-0.2, 0) is 13.2 Å². The molecule has 0 saturated carbocycles. The lowest BCUT2D eigenvalue weighted by Crippen LogP contribution is -2.14. The number of aromatic nitrogens is 5. The van der Waals surface area contributed by atoms with Gasteiger partial charge in [0.15, 0.2) is 5.69 Å². The molecule has 7 nitrogen and oxygen atoms in total. The lowest BCUT2D eigenvalue weighted by atomic mass is 10.1. The number of rotatable bonds is 3. The van der Waals surface area contributed by atoms with E-state index in [-0.39, 0.29) is 11.4 Å². The lowest BCUT2D eigenvalue weighted by Gasteiger charge is -2.10. The van der Waals surface area contributed by atoms with Crippen LogP contribution in [-0.4, -0.2) is 24.5 Å². The monoisotopic (exact) mass is 401 g/mol. The molecule has 148 valence electrons. The van der Waals surface area contributed by atoms with Crippen LogP contribution >= 0.6 is 0 Å². The Morgan fingerprint density at radius 2 is 1.93 bits per heavy atom. The van der Waals surface area contributed by atoms with Crippen LogP contribution in [0.5, 0.6) is 11.6 Å². The maximum Gasteiger partial charge on any atom is 0.434 e. The molecule has 0 saturated heterocycles. The quantitative estimate of drug-likeness (QED) is 0.564. The molecule has 29 heavy (non-hydrogen) atoms. The first kappa shape index (κ1) is 18.7. The standard InChI is InChI=1S/C19H14F3N5O2/c1-10-5-11(29-16-9-24-15(8-25-16)19(20,21)22)6-14(26-10)12-7-23-13-3-4-17(28)27(2)18(12)13/h3-9,23H,1-2H3. The largest absolute Gasteiger partial charge is 0.437 e. The highest BCUT2D eigenvalue weighted by Crippen LogP contribution is 2.31. The number of aryl methyl sites for hydroxylation is 2. The van der Waals surface area contributed by atoms with Crippen molar-refractivity contribution in [2.75, 3.05) is 0 Å². The number of nitrogens with one attached hydrogen (secondary N) is 1. The molecule has 0 atom stereocenters. The van der Waals surface area contributed by atoms with Crippen LogP contribution in [0.25, 0.3) is 22.3 Å². The normalized spacial score (nSPS) is 11.8. The number of H-pyrrole nitrogens is 1. The zero-order valence-corrected chi connectivity index (χ0v) is 15.3. The Labute approximate surface area is 161 Å². The van der Waals surface area contributed by atoms with E-state index in [2.05, 4.69) is 19.9 Å². The Balaban J connectivity index is 1.72. The molecule has 10 heteroatoms. The second-order valence-electron chi connectivity index (χ2n) is 6.36. The number of hydrogen-bond acceptors (Lipinski definition) is 5. The predicted molar refractivity (Wildman–Crippen MR) is 98.6 cm³/mol. The van der Waals surface area contributed by atoms with E-state index in [1.165, 1.54) is 10.6 Å². The summed E-state index contributed by atoms with van der Waals surface area (Å²) in [5.74, 6) is 0.248. The number of pyridine rings is 2. The van der Waals surface area contributed by atoms with E-state index in [4.69, 9.17) is 4.74 Å². The van der Waals surface area contributed by atoms with Gasteiger partial charge >= 0.3 is 6.18 Å². The molecular formula is C19H14F3N5O2. The Kier molecular flexibility index (Phi) is 4.33. The van der Waals surface area contributed by atoms with Crippen molar-refractivity contribution in [3.05, 3.63) is 64.6 Å². The summed E-state index contributed by atoms with van der Waals surface area (Å²) in [4.78, 5) is 26.6. The highest BCUT2D eigenvalue weighted by molar-refractivity contribution is 5.91. The van der Waals surface area contributed by atoms with Gasteiger partial charge in [-0.15, -0.1) is 0 Å². The summed E-state index contributed by atoms with van der Waals surface area (Å²) in [5, 5.41) is 0. The van der Waals surface area contributed by atoms with Crippen molar-refractivity contribution in [3.63, 3.8) is 0 Å². The van der Waals surface area contributed by atoms with Crippen molar-refractivity contribution in [3.8, 4) is 22.9 Å². The van der Waals surface area contributed by atoms with Gasteiger partial charge in [-0.2, -0.15) is 13.2 Å². The maximum absolute atomic E-state index is 12.6. The first-order chi connectivity index (χ1) is 13.7. The van der Waals surface area contributed by atoms with E-state index in [1.54, 1.807) is 38.4 Å². The van der Waals surface area contributed by atoms with Crippen molar-refractivity contribution >= 4 is 11.0 Å². The average molecular weight is 401 g/mol. The molecule has 4 aromatic heterocycles. The first-order valence-corrected chi connectivity index (χ1v) is 8.45. The van der Waals surface area contributed by atoms with Gasteiger partial charge in [-0.05, 0) is 13.0 Å². The molecule has 4 rings (SSSR count). The molecule has 0 aromatic carbocycles. The molecule has 0 bridgehead atoms. The fourth-order valence-electron chi connectivity index (χ4n) is 2.96. The minimum atomic E-state index is -4.57. The summed E-state index contributed by atoms with van der Waals surface area (Å²) in [6, 6.07) is 6.39. The van der Waals surface area contributed by atoms with Crippen molar-refractivity contribution in [2.24, 2.45) is 7.05 Å². The van der Waals surface area contributed by atoms with Crippen LogP contribution in [0, 0.1) is 6.92 Å². The van der Waals surface area contributed by atoms with E-state index in [1.807, 2.05) is 0 Å². The molecule has 1 N–H and O–H groups in total. The molecular weight excluding hydrogens is 387 g/mol. The molecule has 0 aliphatic heterocycles. The molecule has 0 amide bonds. The third-order valence-electron chi connectivity index (χ3n) is 4.28. The molecule has 0 spiro atoms. The Bertz CT molecular complexity index is 1260. The van der Waals surface area contributed by atoms with Crippen molar-refractivity contribution in [1.82, 2.24) is 24.5 Å². The van der Waals surface area contributed by atoms with Gasteiger partial charge in [0.1, 0.15) is 5.75 Å². The van der Waals surface area contributed by atoms with Gasteiger partial charge in [0.05, 0.1) is 29.1 Å². The topological polar surface area (TPSA) is 85.7 Å². The number of alkyl halides is 3. The summed E-state index contributed by atoms with van der Waals surface area (Å²) in [6.45, 7) is 1.75. The van der Waals surface area contributed by atoms with Crippen LogP contribution in [0.3, 0.4) is 0 Å². The highest BCUT2D eigenvalue weighted by atomic mass is 19.4. The van der Waals surface area contributed by atoms with Gasteiger partial charge in [-0.1, -0.05) is 0 Å². The molecule has 0 aliphatic rings. The van der Waals surface area contributed by atoms with Crippen molar-refractivity contribution < 1.29 is 17.9 Å². The van der Waals surface area contributed by atoms with Crippen LogP contribution in [0.15, 0.2) is 47.7 Å². The minimum Gasteiger partial charge on any atom is -0.437 e. The van der Waals surface area contributed by atoms with E-state index in [9.17, 15) is 18.0 Å². The van der Waals surface area contributed by atoms with Crippen LogP contribution in [0.2, 0.25) is 0 Å². The van der Waals surface area contributed by atoms with Gasteiger partial charge in [0.2, 0.25) is 5.88 Å². The van der Waals surface area contributed by atoms with Gasteiger partial charge in [0.25, 0.3) is 5.56 Å². The molecule has 4 heterocycles. The van der Waals surface area contributed by atoms with Crippen molar-refractivity contribution in [2.45, 2.75) is 13.1 Å². The molecule has 4 aromatic rings. The number of nitrogens with zero attached hydrogens (tertiary/aromatic N) is 4. The maximum atomic E-state index is 12.6. The van der Waals surface area contributed by atoms with Crippen molar-refractivity contribution in [1.29, 1.82) is 0 Å². The summed E-state index contributed by atoms with van der Waals surface area (Å²) >= 11 is 0. The van der Waals surface area contributed by atoms with Gasteiger partial charge in [-0.25, -0.2) is 9.97 Å². The molecule has 0 aliphatic carbocycles. The molecule has 0 radical (unpaired) electrons. The van der Waals surface area contributed by atoms with Gasteiger partial charge in [-0.3, -0.25) is 9.78 Å². The fourth-order valence-corrected chi connectivity index (χ4v) is 2.96. The molecule has 0 unspecified atom stereocenters. The summed E-state index contributed by atoms with van der Waals surface area (Å²) < 4.78 is 44.9. The number of aromatic amines is 1. The van der Waals surface area contributed by atoms with Crippen LogP contribution in [0.1, 0.15) is 11.4 Å². The second kappa shape index (κ2) is 6.73. The second-order valence-corrected chi connectivity index (χ2v) is 6.36. The van der Waals surface area contributed by atoms with E-state index in [0.29, 0.717) is 34.4 Å². The minimum absolute atomic E-state index is 0.0825. The zero-order valence-electron chi connectivity index (χ0n) is 15.3. The van der Waals surface area contributed by atoms with E-state index in [0.717, 1.165) is 11.7 Å². The Morgan fingerprint density at radius 3 is 2.62 bits per heavy atom. The van der Waals surface area contributed by atoms with E-state index >= 15 is 0 Å². The SMILES string of the molecule is Cc1cc(Oc2cnc(C(F)(F)F)cn2)cc(-c2c[nH]c3ccc(=O)n(C)c23)n1. The molecule has 0 fully saturated rings. The fraction of sp³-hybridized carbons (Fsp3) is 0.158. The van der Waals surface area contributed by atoms with Crippen LogP contribution in [0.4, 0.5) is 13.2 Å². The lowest BCUT2D eigenvalue weighted by molar-refractivity contribution is -0.141. The number of fused-ring (bicyclic) bond motifs is 1. The first-order valence-electron chi connectivity index (χ1n) is 8.45. The summed E-state index contributed by atoms with van der Waals surface area (Å²) in [6.07, 6.45) is -1.32. The Hall–Kier alpha value is -3.69. The average Bonchev–Trinajstić information content (AvgIpc) is 3.09. The highest BCUT2D eigenvalue weighted by Gasteiger charge is 2.32. The third kappa shape index (κ3) is 3.56. The smallest absolute Gasteiger partial charge is 0.434 e. The van der Waals surface area contributed by atoms with Gasteiger partial charge in [0, 0.05) is 42.7 Å². The zero-order chi connectivity index (χ0) is 20.8. The third-order valence-corrected chi connectivity index (χ3v) is 4.28. The van der Waals surface area contributed by atoms with Gasteiger partial charge < -0.3 is 14.3 Å². The predicted octanol–water partition coefficient (Wildman–Crippen LogP) is 3.84. The summed E-state index contributed by atoms with van der Waals surface area (Å²) in [5.41, 5.74) is 2.02. The number of hydrogen-bond donors (Lipinski definition) is 1.